The first-order chi connectivity index (χ1) is 15.9. The number of ether oxygens (including phenoxy) is 1. The van der Waals surface area contributed by atoms with Crippen molar-refractivity contribution >= 4 is 12.2 Å². The van der Waals surface area contributed by atoms with Gasteiger partial charge in [-0.1, -0.05) is 81.1 Å². The smallest absolute Gasteiger partial charge is 0.142 e. The Kier molecular flexibility index (Phi) is 13.3. The van der Waals surface area contributed by atoms with Crippen LogP contribution in [0.4, 0.5) is 0 Å². The minimum atomic E-state index is 0.744. The Bertz CT molecular complexity index is 1050. The quantitative estimate of drug-likeness (QED) is 0.258. The average Bonchev–Trinajstić information content (AvgIpc) is 3.20. The molecule has 0 spiro atoms. The first-order valence-electron chi connectivity index (χ1n) is 11.7. The van der Waals surface area contributed by atoms with Gasteiger partial charge in [-0.05, 0) is 64.4 Å². The van der Waals surface area contributed by atoms with Crippen molar-refractivity contribution in [2.24, 2.45) is 0 Å². The third-order valence-electron chi connectivity index (χ3n) is 4.93. The number of aryl methyl sites for hydroxylation is 1. The summed E-state index contributed by atoms with van der Waals surface area (Å²) in [5, 5.41) is 4.13. The van der Waals surface area contributed by atoms with E-state index in [0.717, 1.165) is 38.9 Å². The second-order valence-electron chi connectivity index (χ2n) is 7.80. The summed E-state index contributed by atoms with van der Waals surface area (Å²) in [6, 6.07) is 10.2. The molecule has 0 fully saturated rings. The molecule has 0 aliphatic rings. The molecule has 0 aliphatic carbocycles. The lowest BCUT2D eigenvalue weighted by Gasteiger charge is -2.03. The molecule has 33 heavy (non-hydrogen) atoms. The van der Waals surface area contributed by atoms with E-state index in [9.17, 15) is 0 Å². The van der Waals surface area contributed by atoms with Crippen molar-refractivity contribution in [2.45, 2.75) is 47.5 Å². The highest BCUT2D eigenvalue weighted by molar-refractivity contribution is 5.76. The van der Waals surface area contributed by atoms with Crippen molar-refractivity contribution in [1.29, 1.82) is 0 Å². The predicted octanol–water partition coefficient (Wildman–Crippen LogP) is 6.45. The molecule has 0 saturated heterocycles. The van der Waals surface area contributed by atoms with Crippen LogP contribution in [-0.4, -0.2) is 20.2 Å². The maximum atomic E-state index is 6.18. The topological polar surface area (TPSA) is 34.4 Å². The van der Waals surface area contributed by atoms with Gasteiger partial charge in [0.1, 0.15) is 11.2 Å². The van der Waals surface area contributed by atoms with Crippen molar-refractivity contribution in [3.05, 3.63) is 94.8 Å². The molecule has 178 valence electrons. The van der Waals surface area contributed by atoms with Gasteiger partial charge in [0.05, 0.1) is 12.9 Å². The Balaban J connectivity index is 0.000000675. The molecule has 2 aromatic rings. The third kappa shape index (κ3) is 9.55. The minimum Gasteiger partial charge on any atom is -0.501 e. The van der Waals surface area contributed by atoms with E-state index >= 15 is 0 Å². The maximum Gasteiger partial charge on any atom is 0.142 e. The van der Waals surface area contributed by atoms with E-state index in [2.05, 4.69) is 63.5 Å². The third-order valence-corrected chi connectivity index (χ3v) is 4.93. The fourth-order valence-corrected chi connectivity index (χ4v) is 3.01. The molecule has 3 nitrogen and oxygen atoms in total. The Labute approximate surface area is 200 Å². The second-order valence-corrected chi connectivity index (χ2v) is 7.80. The van der Waals surface area contributed by atoms with Crippen LogP contribution >= 0.6 is 0 Å². The average molecular weight is 448 g/mol. The van der Waals surface area contributed by atoms with Crippen molar-refractivity contribution in [3.8, 4) is 11.3 Å². The summed E-state index contributed by atoms with van der Waals surface area (Å²) < 4.78 is 11.4. The molecule has 0 amide bonds. The summed E-state index contributed by atoms with van der Waals surface area (Å²) in [4.78, 5) is 0. The van der Waals surface area contributed by atoms with Gasteiger partial charge in [0.2, 0.25) is 0 Å². The van der Waals surface area contributed by atoms with Gasteiger partial charge in [-0.15, -0.1) is 0 Å². The van der Waals surface area contributed by atoms with Gasteiger partial charge >= 0.3 is 0 Å². The van der Waals surface area contributed by atoms with Gasteiger partial charge in [0.15, 0.2) is 0 Å². The Morgan fingerprint density at radius 3 is 2.24 bits per heavy atom. The van der Waals surface area contributed by atoms with E-state index in [1.165, 1.54) is 31.5 Å². The summed E-state index contributed by atoms with van der Waals surface area (Å²) in [7, 11) is 1.65. The summed E-state index contributed by atoms with van der Waals surface area (Å²) in [5.74, 6) is 1.62. The summed E-state index contributed by atoms with van der Waals surface area (Å²) >= 11 is 0. The molecule has 0 atom stereocenters. The monoisotopic (exact) mass is 447 g/mol. The van der Waals surface area contributed by atoms with Crippen LogP contribution in [-0.2, 0) is 4.74 Å². The lowest BCUT2D eigenvalue weighted by molar-refractivity contribution is 0.294. The van der Waals surface area contributed by atoms with E-state index in [1.54, 1.807) is 7.11 Å². The molecule has 1 heterocycles. The molecular formula is C30H41NO2. The zero-order valence-corrected chi connectivity index (χ0v) is 21.3. The van der Waals surface area contributed by atoms with Crippen LogP contribution in [0.5, 0.6) is 0 Å². The SMILES string of the molecule is C=CC(=C\C=C(/C)OC)/C(/C=C\C)=c1\oc(-c2ccc(C)cc2)cc1=C.CCCNCCC. The van der Waals surface area contributed by atoms with Gasteiger partial charge in [-0.25, -0.2) is 0 Å². The molecule has 0 saturated carbocycles. The molecule has 0 aliphatic heterocycles. The highest BCUT2D eigenvalue weighted by atomic mass is 16.5. The van der Waals surface area contributed by atoms with E-state index in [0.29, 0.717) is 0 Å². The summed E-state index contributed by atoms with van der Waals surface area (Å²) in [6.45, 7) is 20.8. The normalized spacial score (nSPS) is 12.9. The van der Waals surface area contributed by atoms with Gasteiger partial charge in [0, 0.05) is 16.4 Å². The lowest BCUT2D eigenvalue weighted by atomic mass is 10.0. The van der Waals surface area contributed by atoms with E-state index < -0.39 is 0 Å². The highest BCUT2D eigenvalue weighted by Gasteiger charge is 2.07. The summed E-state index contributed by atoms with van der Waals surface area (Å²) in [6.07, 6.45) is 12.2. The van der Waals surface area contributed by atoms with Crippen LogP contribution in [0.3, 0.4) is 0 Å². The van der Waals surface area contributed by atoms with E-state index in [-0.39, 0.29) is 0 Å². The Morgan fingerprint density at radius 2 is 1.73 bits per heavy atom. The lowest BCUT2D eigenvalue weighted by Crippen LogP contribution is -2.20. The zero-order chi connectivity index (χ0) is 24.6. The van der Waals surface area contributed by atoms with Crippen LogP contribution in [0.25, 0.3) is 23.5 Å². The van der Waals surface area contributed by atoms with E-state index in [1.807, 2.05) is 50.3 Å². The Morgan fingerprint density at radius 1 is 1.09 bits per heavy atom. The molecule has 3 heteroatoms. The number of hydrogen-bond acceptors (Lipinski definition) is 3. The molecule has 0 bridgehead atoms. The van der Waals surface area contributed by atoms with Crippen molar-refractivity contribution in [1.82, 2.24) is 5.32 Å². The number of nitrogens with one attached hydrogen (secondary N) is 1. The molecule has 2 rings (SSSR count). The van der Waals surface area contributed by atoms with Gasteiger partial charge < -0.3 is 14.5 Å². The second kappa shape index (κ2) is 15.7. The number of hydrogen-bond donors (Lipinski definition) is 1. The number of benzene rings is 1. The van der Waals surface area contributed by atoms with Gasteiger partial charge in [0.25, 0.3) is 0 Å². The fraction of sp³-hybridized carbons (Fsp3) is 0.333. The van der Waals surface area contributed by atoms with Crippen molar-refractivity contribution in [2.75, 3.05) is 20.2 Å². The van der Waals surface area contributed by atoms with Gasteiger partial charge in [-0.3, -0.25) is 0 Å². The van der Waals surface area contributed by atoms with Crippen molar-refractivity contribution in [3.63, 3.8) is 0 Å². The van der Waals surface area contributed by atoms with Crippen LogP contribution in [0.15, 0.2) is 83.0 Å². The minimum absolute atomic E-state index is 0.744. The zero-order valence-electron chi connectivity index (χ0n) is 21.3. The molecule has 1 aromatic heterocycles. The van der Waals surface area contributed by atoms with Crippen LogP contribution < -0.4 is 16.0 Å². The van der Waals surface area contributed by atoms with Gasteiger partial charge in [-0.2, -0.15) is 0 Å². The van der Waals surface area contributed by atoms with Crippen LogP contribution in [0.1, 0.15) is 46.1 Å². The summed E-state index contributed by atoms with van der Waals surface area (Å²) in [5.41, 5.74) is 4.87. The number of allylic oxidation sites excluding steroid dienone is 7. The standard InChI is InChI=1S/C24H26O2.C6H15N/c1-7-9-22(20(8-2)15-12-19(5)25-6)24-18(4)16-23(26-24)21-13-10-17(3)11-14-21;1-3-5-7-6-4-2/h7-16H,2,4H2,1,3,5-6H3;7H,3-6H2,1-2H3/b9-7-,19-12+,20-15+,24-22-;. The first-order valence-corrected chi connectivity index (χ1v) is 11.7. The molecule has 0 unspecified atom stereocenters. The van der Waals surface area contributed by atoms with Crippen LogP contribution in [0.2, 0.25) is 0 Å². The number of rotatable bonds is 10. The highest BCUT2D eigenvalue weighted by Crippen LogP contribution is 2.19. The fourth-order valence-electron chi connectivity index (χ4n) is 3.01. The van der Waals surface area contributed by atoms with Crippen molar-refractivity contribution < 1.29 is 9.15 Å². The van der Waals surface area contributed by atoms with Crippen LogP contribution in [0, 0.1) is 6.92 Å². The molecule has 0 radical (unpaired) electrons. The molecular weight excluding hydrogens is 406 g/mol. The predicted molar refractivity (Wildman–Crippen MR) is 144 cm³/mol. The molecule has 1 N–H and O–H groups in total. The maximum absolute atomic E-state index is 6.18. The number of furan rings is 1. The molecule has 1 aromatic carbocycles. The van der Waals surface area contributed by atoms with E-state index in [4.69, 9.17) is 9.15 Å². The Hall–Kier alpha value is -3.04. The largest absolute Gasteiger partial charge is 0.501 e. The first kappa shape index (κ1) is 28.0. The number of methoxy groups -OCH3 is 1.